The Balaban J connectivity index is 2.26. The largest absolute Gasteiger partial charge is 0.385 e. The van der Waals surface area contributed by atoms with E-state index < -0.39 is 50.9 Å². The molecule has 158 valence electrons. The summed E-state index contributed by atoms with van der Waals surface area (Å²) in [7, 11) is 0. The predicted molar refractivity (Wildman–Crippen MR) is 99.2 cm³/mol. The summed E-state index contributed by atoms with van der Waals surface area (Å²) in [5.41, 5.74) is -2.64. The average Bonchev–Trinajstić information content (AvgIpc) is 3.07. The van der Waals surface area contributed by atoms with Crippen LogP contribution in [0.15, 0.2) is 0 Å². The Kier molecular flexibility index (Phi) is 4.23. The molecular weight excluding hydrogens is 438 g/mol. The van der Waals surface area contributed by atoms with Crippen LogP contribution < -0.4 is 0 Å². The van der Waals surface area contributed by atoms with Crippen LogP contribution in [-0.4, -0.2) is 28.0 Å². The standard InChI is InChI=1S/C19H16F6O2S2/c1-5-9-7(3)28-15(5)11-12(18(22,23)19(24,25)17(11,20)21)16-6(2)10(8(4)29-16)14(27)13(9)26/h13-14,26-27H,1-4H3. The van der Waals surface area contributed by atoms with E-state index >= 15 is 0 Å². The molecule has 2 heterocycles. The molecule has 2 aliphatic rings. The first-order valence-corrected chi connectivity index (χ1v) is 10.3. The normalized spacial score (nSPS) is 26.6. The molecule has 2 nitrogen and oxygen atoms in total. The van der Waals surface area contributed by atoms with E-state index in [1.165, 1.54) is 27.7 Å². The van der Waals surface area contributed by atoms with E-state index in [-0.39, 0.29) is 32.0 Å². The minimum absolute atomic E-state index is 0.0115. The Bertz CT molecular complexity index is 997. The number of fused-ring (bicyclic) bond motifs is 6. The van der Waals surface area contributed by atoms with E-state index in [4.69, 9.17) is 0 Å². The first kappa shape index (κ1) is 20.9. The maximum atomic E-state index is 14.9. The Morgan fingerprint density at radius 1 is 0.655 bits per heavy atom. The summed E-state index contributed by atoms with van der Waals surface area (Å²) < 4.78 is 88.2. The highest BCUT2D eigenvalue weighted by Crippen LogP contribution is 2.67. The molecule has 0 fully saturated rings. The van der Waals surface area contributed by atoms with Crippen LogP contribution in [0.3, 0.4) is 0 Å². The molecule has 0 amide bonds. The third-order valence-electron chi connectivity index (χ3n) is 5.77. The van der Waals surface area contributed by atoms with E-state index in [0.717, 1.165) is 0 Å². The van der Waals surface area contributed by atoms with Crippen LogP contribution in [0, 0.1) is 27.7 Å². The van der Waals surface area contributed by atoms with Crippen LogP contribution in [-0.2, 0) is 0 Å². The number of aryl methyl sites for hydroxylation is 2. The van der Waals surface area contributed by atoms with Gasteiger partial charge in [-0.05, 0) is 38.8 Å². The highest BCUT2D eigenvalue weighted by atomic mass is 32.1. The monoisotopic (exact) mass is 454 g/mol. The highest BCUT2D eigenvalue weighted by molar-refractivity contribution is 7.14. The average molecular weight is 454 g/mol. The molecule has 0 saturated heterocycles. The van der Waals surface area contributed by atoms with Gasteiger partial charge in [0.1, 0.15) is 12.2 Å². The first-order chi connectivity index (χ1) is 13.2. The van der Waals surface area contributed by atoms with Gasteiger partial charge in [0, 0.05) is 30.6 Å². The number of hydrogen-bond acceptors (Lipinski definition) is 4. The first-order valence-electron chi connectivity index (χ1n) is 8.63. The van der Waals surface area contributed by atoms with Crippen molar-refractivity contribution in [3.05, 3.63) is 41.8 Å². The summed E-state index contributed by atoms with van der Waals surface area (Å²) in [5, 5.41) is 21.5. The van der Waals surface area contributed by atoms with Crippen molar-refractivity contribution in [2.24, 2.45) is 0 Å². The third-order valence-corrected chi connectivity index (χ3v) is 8.25. The van der Waals surface area contributed by atoms with Gasteiger partial charge in [0.15, 0.2) is 0 Å². The fourth-order valence-electron chi connectivity index (χ4n) is 4.33. The van der Waals surface area contributed by atoms with Gasteiger partial charge in [-0.2, -0.15) is 26.3 Å². The summed E-state index contributed by atoms with van der Waals surface area (Å²) in [4.78, 5) is -0.267. The molecule has 29 heavy (non-hydrogen) atoms. The van der Waals surface area contributed by atoms with Gasteiger partial charge in [0.25, 0.3) is 0 Å². The molecule has 0 saturated carbocycles. The van der Waals surface area contributed by atoms with Gasteiger partial charge in [-0.15, -0.1) is 22.7 Å². The summed E-state index contributed by atoms with van der Waals surface area (Å²) in [6.07, 6.45) is -3.03. The molecule has 0 radical (unpaired) electrons. The van der Waals surface area contributed by atoms with Gasteiger partial charge in [-0.3, -0.25) is 0 Å². The summed E-state index contributed by atoms with van der Waals surface area (Å²) in [6.45, 7) is 5.54. The molecule has 10 heteroatoms. The number of allylic oxidation sites excluding steroid dienone is 2. The lowest BCUT2D eigenvalue weighted by atomic mass is 9.89. The molecule has 2 N–H and O–H groups in total. The van der Waals surface area contributed by atoms with E-state index in [2.05, 4.69) is 0 Å². The molecule has 0 spiro atoms. The zero-order valence-electron chi connectivity index (χ0n) is 15.6. The zero-order chi connectivity index (χ0) is 21.8. The van der Waals surface area contributed by atoms with Crippen molar-refractivity contribution in [2.75, 3.05) is 0 Å². The second-order valence-electron chi connectivity index (χ2n) is 7.41. The van der Waals surface area contributed by atoms with Crippen LogP contribution in [0.5, 0.6) is 0 Å². The van der Waals surface area contributed by atoms with Crippen LogP contribution >= 0.6 is 22.7 Å². The van der Waals surface area contributed by atoms with Crippen molar-refractivity contribution in [3.63, 3.8) is 0 Å². The summed E-state index contributed by atoms with van der Waals surface area (Å²) in [5.74, 6) is -15.8. The Labute approximate surface area is 170 Å². The third kappa shape index (κ3) is 2.26. The molecule has 4 bridgehead atoms. The van der Waals surface area contributed by atoms with Crippen molar-refractivity contribution in [3.8, 4) is 0 Å². The number of halogens is 6. The molecule has 2 unspecified atom stereocenters. The lowest BCUT2D eigenvalue weighted by Crippen LogP contribution is -2.48. The second kappa shape index (κ2) is 5.87. The maximum absolute atomic E-state index is 14.9. The highest BCUT2D eigenvalue weighted by Gasteiger charge is 2.81. The van der Waals surface area contributed by atoms with Gasteiger partial charge < -0.3 is 10.2 Å². The summed E-state index contributed by atoms with van der Waals surface area (Å²) >= 11 is 1.28. The number of alkyl halides is 6. The Morgan fingerprint density at radius 2 is 0.966 bits per heavy atom. The lowest BCUT2D eigenvalue weighted by Gasteiger charge is -2.25. The quantitative estimate of drug-likeness (QED) is 0.483. The van der Waals surface area contributed by atoms with Gasteiger partial charge >= 0.3 is 17.8 Å². The van der Waals surface area contributed by atoms with Gasteiger partial charge in [0.2, 0.25) is 0 Å². The zero-order valence-corrected chi connectivity index (χ0v) is 17.3. The molecule has 4 rings (SSSR count). The molecule has 2 aliphatic carbocycles. The van der Waals surface area contributed by atoms with Crippen LogP contribution in [0.2, 0.25) is 0 Å². The topological polar surface area (TPSA) is 40.5 Å². The van der Waals surface area contributed by atoms with Crippen molar-refractivity contribution in [2.45, 2.75) is 57.7 Å². The van der Waals surface area contributed by atoms with Gasteiger partial charge in [-0.25, -0.2) is 0 Å². The van der Waals surface area contributed by atoms with E-state index in [0.29, 0.717) is 22.7 Å². The van der Waals surface area contributed by atoms with E-state index in [1.807, 2.05) is 0 Å². The smallest absolute Gasteiger partial charge is 0.380 e. The lowest BCUT2D eigenvalue weighted by molar-refractivity contribution is -0.254. The molecule has 2 aromatic rings. The van der Waals surface area contributed by atoms with E-state index in [9.17, 15) is 36.6 Å². The van der Waals surface area contributed by atoms with Crippen molar-refractivity contribution in [1.29, 1.82) is 0 Å². The Morgan fingerprint density at radius 3 is 1.28 bits per heavy atom. The minimum Gasteiger partial charge on any atom is -0.385 e. The van der Waals surface area contributed by atoms with Crippen LogP contribution in [0.25, 0.3) is 11.1 Å². The van der Waals surface area contributed by atoms with Gasteiger partial charge in [0.05, 0.1) is 11.1 Å². The van der Waals surface area contributed by atoms with Crippen LogP contribution in [0.4, 0.5) is 26.3 Å². The molecule has 2 aromatic heterocycles. The SMILES string of the molecule is Cc1sc2c(C)c1C(O)C(O)c1c(C)sc(c1C)C1=C2C(F)(F)C(F)(F)C1(F)F. The Hall–Kier alpha value is -1.36. The van der Waals surface area contributed by atoms with Gasteiger partial charge in [-0.1, -0.05) is 0 Å². The number of hydrogen-bond donors (Lipinski definition) is 2. The second-order valence-corrected chi connectivity index (χ2v) is 9.86. The number of rotatable bonds is 0. The minimum atomic E-state index is -5.62. The maximum Gasteiger partial charge on any atom is 0.380 e. The molecule has 0 aromatic carbocycles. The molecule has 0 aliphatic heterocycles. The molecule has 2 atom stereocenters. The van der Waals surface area contributed by atoms with Crippen molar-refractivity contribution in [1.82, 2.24) is 0 Å². The fraction of sp³-hybridized carbons (Fsp3) is 0.474. The number of aliphatic hydroxyl groups excluding tert-OH is 2. The van der Waals surface area contributed by atoms with Crippen molar-refractivity contribution >= 4 is 33.8 Å². The van der Waals surface area contributed by atoms with Crippen LogP contribution in [0.1, 0.15) is 54.0 Å². The summed E-state index contributed by atoms with van der Waals surface area (Å²) in [6, 6.07) is 0. The fourth-order valence-corrected chi connectivity index (χ4v) is 6.90. The predicted octanol–water partition coefficient (Wildman–Crippen LogP) is 5.95. The van der Waals surface area contributed by atoms with E-state index in [1.54, 1.807) is 0 Å². The number of thiophene rings is 2. The molecular formula is C19H16F6O2S2. The van der Waals surface area contributed by atoms with Crippen molar-refractivity contribution < 1.29 is 36.6 Å². The number of aliphatic hydroxyl groups is 2.